The number of aromatic amines is 1. The van der Waals surface area contributed by atoms with Gasteiger partial charge in [0.1, 0.15) is 0 Å². The first-order chi connectivity index (χ1) is 14.3. The molecular weight excluding hydrogens is 471 g/mol. The SMILES string of the molecule is CSc1c(-c2ccc(Cl)cc2Cl)[nH]n2c(=O)cc(C(S)c3cccc(F)c3F)nc12. The minimum absolute atomic E-state index is 0.00297. The van der Waals surface area contributed by atoms with E-state index in [4.69, 9.17) is 23.2 Å². The summed E-state index contributed by atoms with van der Waals surface area (Å²) < 4.78 is 29.1. The lowest BCUT2D eigenvalue weighted by molar-refractivity contribution is 0.500. The van der Waals surface area contributed by atoms with E-state index in [0.29, 0.717) is 31.8 Å². The lowest BCUT2D eigenvalue weighted by Gasteiger charge is -2.12. The molecule has 2 aromatic heterocycles. The van der Waals surface area contributed by atoms with Gasteiger partial charge in [-0.15, -0.1) is 11.8 Å². The standard InChI is InChI=1S/C20H13Cl2F2N3OS2/c1-30-19-17(10-6-5-9(21)7-12(10)22)26-27-15(28)8-14(25-20(19)27)18(29)11-3-2-4-13(23)16(11)24/h2-8,18,26,29H,1H3. The van der Waals surface area contributed by atoms with E-state index in [2.05, 4.69) is 22.7 Å². The number of hydrogen-bond donors (Lipinski definition) is 2. The Balaban J connectivity index is 1.92. The summed E-state index contributed by atoms with van der Waals surface area (Å²) in [4.78, 5) is 18.0. The molecule has 0 amide bonds. The van der Waals surface area contributed by atoms with Gasteiger partial charge >= 0.3 is 0 Å². The molecule has 0 aliphatic carbocycles. The largest absolute Gasteiger partial charge is 0.288 e. The average Bonchev–Trinajstić information content (AvgIpc) is 3.08. The summed E-state index contributed by atoms with van der Waals surface area (Å²) in [5, 5.41) is 2.99. The van der Waals surface area contributed by atoms with E-state index in [9.17, 15) is 13.6 Å². The third-order valence-corrected chi connectivity index (χ3v) is 6.44. The summed E-state index contributed by atoms with van der Waals surface area (Å²) in [5.74, 6) is -2.01. The van der Waals surface area contributed by atoms with Gasteiger partial charge in [0.2, 0.25) is 0 Å². The van der Waals surface area contributed by atoms with E-state index in [1.54, 1.807) is 18.2 Å². The van der Waals surface area contributed by atoms with Crippen molar-refractivity contribution in [1.29, 1.82) is 0 Å². The van der Waals surface area contributed by atoms with E-state index in [1.165, 1.54) is 34.5 Å². The summed E-state index contributed by atoms with van der Waals surface area (Å²) in [6.07, 6.45) is 1.83. The fourth-order valence-corrected chi connectivity index (χ4v) is 4.65. The molecule has 4 aromatic rings. The van der Waals surface area contributed by atoms with E-state index >= 15 is 0 Å². The normalized spacial score (nSPS) is 12.5. The van der Waals surface area contributed by atoms with Crippen molar-refractivity contribution in [2.45, 2.75) is 10.1 Å². The highest BCUT2D eigenvalue weighted by molar-refractivity contribution is 7.99. The second kappa shape index (κ2) is 8.26. The van der Waals surface area contributed by atoms with E-state index in [0.717, 1.165) is 6.07 Å². The van der Waals surface area contributed by atoms with Crippen molar-refractivity contribution in [3.05, 3.63) is 85.8 Å². The highest BCUT2D eigenvalue weighted by Crippen LogP contribution is 2.37. The molecule has 4 rings (SSSR count). The second-order valence-corrected chi connectivity index (χ2v) is 8.54. The maximum absolute atomic E-state index is 14.2. The van der Waals surface area contributed by atoms with Crippen LogP contribution in [0.15, 0.2) is 52.2 Å². The molecule has 0 bridgehead atoms. The first-order valence-electron chi connectivity index (χ1n) is 8.59. The number of aromatic nitrogens is 3. The number of nitrogens with one attached hydrogen (secondary N) is 1. The van der Waals surface area contributed by atoms with Gasteiger partial charge in [0.05, 0.1) is 26.6 Å². The molecule has 1 N–H and O–H groups in total. The maximum atomic E-state index is 14.2. The van der Waals surface area contributed by atoms with E-state index in [-0.39, 0.29) is 11.3 Å². The van der Waals surface area contributed by atoms with Crippen molar-refractivity contribution in [3.63, 3.8) is 0 Å². The number of benzene rings is 2. The first-order valence-corrected chi connectivity index (χ1v) is 11.1. The van der Waals surface area contributed by atoms with Gasteiger partial charge in [0, 0.05) is 22.2 Å². The molecule has 0 radical (unpaired) electrons. The Kier molecular flexibility index (Phi) is 5.85. The molecule has 4 nitrogen and oxygen atoms in total. The number of hydrogen-bond acceptors (Lipinski definition) is 4. The lowest BCUT2D eigenvalue weighted by atomic mass is 10.1. The first kappa shape index (κ1) is 21.2. The summed E-state index contributed by atoms with van der Waals surface area (Å²) >= 11 is 18.1. The second-order valence-electron chi connectivity index (χ2n) is 6.37. The average molecular weight is 484 g/mol. The third-order valence-electron chi connectivity index (χ3n) is 4.55. The number of fused-ring (bicyclic) bond motifs is 1. The van der Waals surface area contributed by atoms with Crippen LogP contribution < -0.4 is 5.56 Å². The molecule has 154 valence electrons. The van der Waals surface area contributed by atoms with Crippen LogP contribution >= 0.6 is 47.6 Å². The quantitative estimate of drug-likeness (QED) is 0.275. The molecule has 1 unspecified atom stereocenters. The zero-order valence-corrected chi connectivity index (χ0v) is 18.5. The van der Waals surface area contributed by atoms with Crippen molar-refractivity contribution < 1.29 is 8.78 Å². The van der Waals surface area contributed by atoms with Gasteiger partial charge in [-0.3, -0.25) is 9.89 Å². The summed E-state index contributed by atoms with van der Waals surface area (Å²) in [7, 11) is 0. The number of halogens is 4. The molecule has 0 saturated heterocycles. The third kappa shape index (κ3) is 3.62. The van der Waals surface area contributed by atoms with Crippen LogP contribution in [0.3, 0.4) is 0 Å². The Labute approximate surface area is 189 Å². The molecule has 2 aromatic carbocycles. The number of rotatable bonds is 4. The van der Waals surface area contributed by atoms with Crippen molar-refractivity contribution in [1.82, 2.24) is 14.6 Å². The van der Waals surface area contributed by atoms with Gasteiger partial charge in [-0.05, 0) is 30.5 Å². The smallest absolute Gasteiger partial charge is 0.273 e. The molecular formula is C20H13Cl2F2N3OS2. The fraction of sp³-hybridized carbons (Fsp3) is 0.100. The van der Waals surface area contributed by atoms with Gasteiger partial charge in [0.15, 0.2) is 17.3 Å². The molecule has 0 saturated carbocycles. The zero-order valence-electron chi connectivity index (χ0n) is 15.3. The number of thiol groups is 1. The molecule has 2 heterocycles. The molecule has 0 fully saturated rings. The summed E-state index contributed by atoms with van der Waals surface area (Å²) in [5.41, 5.74) is 1.36. The molecule has 0 aliphatic rings. The summed E-state index contributed by atoms with van der Waals surface area (Å²) in [6.45, 7) is 0. The van der Waals surface area contributed by atoms with Crippen LogP contribution in [-0.2, 0) is 0 Å². The van der Waals surface area contributed by atoms with Crippen LogP contribution in [0.25, 0.3) is 16.9 Å². The van der Waals surface area contributed by atoms with Gasteiger partial charge in [-0.2, -0.15) is 17.1 Å². The van der Waals surface area contributed by atoms with Crippen LogP contribution in [-0.4, -0.2) is 20.9 Å². The van der Waals surface area contributed by atoms with Crippen LogP contribution in [0.4, 0.5) is 8.78 Å². The predicted octanol–water partition coefficient (Wildman–Crippen LogP) is 6.02. The van der Waals surface area contributed by atoms with Gasteiger partial charge in [0.25, 0.3) is 5.56 Å². The van der Waals surface area contributed by atoms with Crippen molar-refractivity contribution in [2.24, 2.45) is 0 Å². The number of H-pyrrole nitrogens is 1. The number of thioether (sulfide) groups is 1. The van der Waals surface area contributed by atoms with Crippen molar-refractivity contribution in [2.75, 3.05) is 6.26 Å². The summed E-state index contributed by atoms with van der Waals surface area (Å²) in [6, 6.07) is 10.1. The monoisotopic (exact) mass is 483 g/mol. The Morgan fingerprint density at radius 1 is 1.20 bits per heavy atom. The van der Waals surface area contributed by atoms with Crippen molar-refractivity contribution in [3.8, 4) is 11.3 Å². The van der Waals surface area contributed by atoms with Crippen molar-refractivity contribution >= 4 is 53.2 Å². The molecule has 30 heavy (non-hydrogen) atoms. The van der Waals surface area contributed by atoms with Gasteiger partial charge in [-0.25, -0.2) is 13.8 Å². The molecule has 10 heteroatoms. The maximum Gasteiger partial charge on any atom is 0.273 e. The Hall–Kier alpha value is -2.00. The lowest BCUT2D eigenvalue weighted by Crippen LogP contribution is -2.17. The highest BCUT2D eigenvalue weighted by Gasteiger charge is 2.22. The van der Waals surface area contributed by atoms with Gasteiger partial charge < -0.3 is 0 Å². The minimum atomic E-state index is -1.02. The van der Waals surface area contributed by atoms with Crippen LogP contribution in [0.1, 0.15) is 16.5 Å². The minimum Gasteiger partial charge on any atom is -0.288 e. The number of nitrogens with zero attached hydrogens (tertiary/aromatic N) is 2. The highest BCUT2D eigenvalue weighted by atomic mass is 35.5. The Bertz CT molecular complexity index is 1340. The predicted molar refractivity (Wildman–Crippen MR) is 120 cm³/mol. The van der Waals surface area contributed by atoms with Crippen LogP contribution in [0.5, 0.6) is 0 Å². The Morgan fingerprint density at radius 3 is 2.67 bits per heavy atom. The van der Waals surface area contributed by atoms with Gasteiger partial charge in [-0.1, -0.05) is 35.3 Å². The molecule has 1 atom stereocenters. The Morgan fingerprint density at radius 2 is 1.97 bits per heavy atom. The zero-order chi connectivity index (χ0) is 21.6. The fourth-order valence-electron chi connectivity index (χ4n) is 3.13. The molecule has 0 aliphatic heterocycles. The van der Waals surface area contributed by atoms with Crippen LogP contribution in [0, 0.1) is 11.6 Å². The van der Waals surface area contributed by atoms with Crippen LogP contribution in [0.2, 0.25) is 10.0 Å². The van der Waals surface area contributed by atoms with E-state index < -0.39 is 22.4 Å². The molecule has 0 spiro atoms. The topological polar surface area (TPSA) is 50.2 Å². The van der Waals surface area contributed by atoms with E-state index in [1.807, 2.05) is 6.26 Å².